The fraction of sp³-hybridized carbons (Fsp3) is 0.222. The van der Waals surface area contributed by atoms with Crippen molar-refractivity contribution >= 4 is 12.4 Å². The van der Waals surface area contributed by atoms with Gasteiger partial charge in [-0.1, -0.05) is 12.1 Å². The van der Waals surface area contributed by atoms with Crippen molar-refractivity contribution in [1.82, 2.24) is 19.7 Å². The van der Waals surface area contributed by atoms with E-state index in [1.54, 1.807) is 55.2 Å². The minimum Gasteiger partial charge on any atom is -0.494 e. The van der Waals surface area contributed by atoms with E-state index >= 15 is 0 Å². The molecule has 0 radical (unpaired) electrons. The summed E-state index contributed by atoms with van der Waals surface area (Å²) in [4.78, 5) is 15.5. The largest absolute Gasteiger partial charge is 0.494 e. The first kappa shape index (κ1) is 18.2. The first-order valence-electron chi connectivity index (χ1n) is 8.20. The van der Waals surface area contributed by atoms with Crippen LogP contribution in [0.25, 0.3) is 17.2 Å². The molecular formula is C18H21N5O4. The number of carbonyl (C=O) groups excluding carboxylic acids is 1. The van der Waals surface area contributed by atoms with E-state index in [1.807, 2.05) is 6.92 Å². The third-order valence-corrected chi connectivity index (χ3v) is 3.72. The highest BCUT2D eigenvalue weighted by Crippen LogP contribution is 2.37. The molecule has 27 heavy (non-hydrogen) atoms. The maximum atomic E-state index is 11.1. The molecule has 0 saturated heterocycles. The highest BCUT2D eigenvalue weighted by molar-refractivity contribution is 5.73. The molecule has 0 atom stereocenters. The molecule has 0 spiro atoms. The lowest BCUT2D eigenvalue weighted by Gasteiger charge is -2.16. The van der Waals surface area contributed by atoms with E-state index in [2.05, 4.69) is 20.5 Å². The van der Waals surface area contributed by atoms with Crippen molar-refractivity contribution in [3.05, 3.63) is 36.4 Å². The number of aromatic nitrogens is 4. The fourth-order valence-corrected chi connectivity index (χ4v) is 2.63. The Morgan fingerprint density at radius 2 is 1.81 bits per heavy atom. The van der Waals surface area contributed by atoms with E-state index in [1.165, 1.54) is 0 Å². The van der Waals surface area contributed by atoms with Crippen LogP contribution in [0.3, 0.4) is 0 Å². The molecule has 0 fully saturated rings. The summed E-state index contributed by atoms with van der Waals surface area (Å²) in [6, 6.07) is 10.7. The number of rotatable bonds is 8. The summed E-state index contributed by atoms with van der Waals surface area (Å²) in [5, 5.41) is 10.8. The molecule has 0 unspecified atom stereocenters. The number of methoxy groups -OCH3 is 2. The van der Waals surface area contributed by atoms with Crippen LogP contribution in [-0.2, 0) is 4.79 Å². The Balaban J connectivity index is 0.00000280. The van der Waals surface area contributed by atoms with Crippen LogP contribution in [0.1, 0.15) is 8.35 Å². The standard InChI is InChI=1S/C18H19N5O4.H2/c1-4-27-15-10-5-7-12(20-15)17-21-22-18(19-11-24)23(17)16-13(25-2)8-6-9-14(16)26-3;/h5-11H,4H2,1-3H3,(H,19,22,24);1H. The van der Waals surface area contributed by atoms with Gasteiger partial charge in [0.05, 0.1) is 20.8 Å². The third-order valence-electron chi connectivity index (χ3n) is 3.72. The van der Waals surface area contributed by atoms with Gasteiger partial charge in [0.2, 0.25) is 18.2 Å². The number of anilines is 1. The predicted molar refractivity (Wildman–Crippen MR) is 101 cm³/mol. The molecule has 1 amide bonds. The Labute approximate surface area is 157 Å². The van der Waals surface area contributed by atoms with Crippen molar-refractivity contribution in [1.29, 1.82) is 0 Å². The van der Waals surface area contributed by atoms with Gasteiger partial charge in [-0.3, -0.25) is 14.7 Å². The van der Waals surface area contributed by atoms with Gasteiger partial charge >= 0.3 is 0 Å². The number of carbonyl (C=O) groups is 1. The Morgan fingerprint density at radius 3 is 2.44 bits per heavy atom. The van der Waals surface area contributed by atoms with Gasteiger partial charge in [0.1, 0.15) is 22.9 Å². The Bertz CT molecular complexity index is 925. The number of benzene rings is 1. The van der Waals surface area contributed by atoms with Crippen LogP contribution >= 0.6 is 0 Å². The van der Waals surface area contributed by atoms with Crippen molar-refractivity contribution in [3.8, 4) is 34.6 Å². The summed E-state index contributed by atoms with van der Waals surface area (Å²) >= 11 is 0. The van der Waals surface area contributed by atoms with Crippen molar-refractivity contribution in [2.45, 2.75) is 6.92 Å². The van der Waals surface area contributed by atoms with E-state index in [-0.39, 0.29) is 7.37 Å². The minimum absolute atomic E-state index is 0. The minimum atomic E-state index is 0. The number of pyridine rings is 1. The number of hydrogen-bond acceptors (Lipinski definition) is 7. The van der Waals surface area contributed by atoms with Gasteiger partial charge in [-0.05, 0) is 25.1 Å². The monoisotopic (exact) mass is 371 g/mol. The second-order valence-electron chi connectivity index (χ2n) is 5.25. The lowest BCUT2D eigenvalue weighted by molar-refractivity contribution is -0.105. The molecule has 9 nitrogen and oxygen atoms in total. The summed E-state index contributed by atoms with van der Waals surface area (Å²) in [5.41, 5.74) is 1.05. The number of amides is 1. The smallest absolute Gasteiger partial charge is 0.236 e. The van der Waals surface area contributed by atoms with E-state index in [0.717, 1.165) is 0 Å². The lowest BCUT2D eigenvalue weighted by atomic mass is 10.2. The van der Waals surface area contributed by atoms with Crippen molar-refractivity contribution in [3.63, 3.8) is 0 Å². The van der Waals surface area contributed by atoms with E-state index < -0.39 is 0 Å². The molecule has 0 bridgehead atoms. The fourth-order valence-electron chi connectivity index (χ4n) is 2.63. The zero-order valence-corrected chi connectivity index (χ0v) is 15.2. The third kappa shape index (κ3) is 3.52. The Kier molecular flexibility index (Phi) is 5.50. The molecule has 2 heterocycles. The molecule has 3 aromatic rings. The topological polar surface area (TPSA) is 100 Å². The maximum absolute atomic E-state index is 11.1. The summed E-state index contributed by atoms with van der Waals surface area (Å²) in [6.07, 6.45) is 0.524. The van der Waals surface area contributed by atoms with Crippen LogP contribution in [-0.4, -0.2) is 47.0 Å². The lowest BCUT2D eigenvalue weighted by Crippen LogP contribution is -2.09. The van der Waals surface area contributed by atoms with E-state index in [4.69, 9.17) is 14.2 Å². The Hall–Kier alpha value is -3.62. The van der Waals surface area contributed by atoms with Crippen LogP contribution in [0.5, 0.6) is 17.4 Å². The quantitative estimate of drug-likeness (QED) is 0.607. The second kappa shape index (κ2) is 8.17. The zero-order chi connectivity index (χ0) is 19.2. The van der Waals surface area contributed by atoms with Gasteiger partial charge in [0, 0.05) is 7.49 Å². The van der Waals surface area contributed by atoms with Crippen LogP contribution in [0, 0.1) is 0 Å². The highest BCUT2D eigenvalue weighted by atomic mass is 16.5. The number of ether oxygens (including phenoxy) is 3. The SMILES string of the molecule is CCOc1cccc(-c2nnc(NC=O)n2-c2c(OC)cccc2OC)n1.[HH]. The Morgan fingerprint density at radius 1 is 1.11 bits per heavy atom. The molecule has 1 aromatic carbocycles. The molecule has 0 aliphatic carbocycles. The maximum Gasteiger partial charge on any atom is 0.236 e. The average Bonchev–Trinajstić information content (AvgIpc) is 3.11. The number of hydrogen-bond donors (Lipinski definition) is 1. The van der Waals surface area contributed by atoms with Crippen LogP contribution in [0.2, 0.25) is 0 Å². The summed E-state index contributed by atoms with van der Waals surface area (Å²) < 4.78 is 18.0. The van der Waals surface area contributed by atoms with Crippen molar-refractivity contribution < 1.29 is 20.4 Å². The molecule has 3 rings (SSSR count). The highest BCUT2D eigenvalue weighted by Gasteiger charge is 2.23. The summed E-state index contributed by atoms with van der Waals surface area (Å²) in [7, 11) is 3.09. The molecular weight excluding hydrogens is 350 g/mol. The van der Waals surface area contributed by atoms with Gasteiger partial charge in [-0.2, -0.15) is 0 Å². The number of nitrogens with zero attached hydrogens (tertiary/aromatic N) is 4. The van der Waals surface area contributed by atoms with Gasteiger partial charge in [-0.15, -0.1) is 10.2 Å². The molecule has 1 N–H and O–H groups in total. The second-order valence-corrected chi connectivity index (χ2v) is 5.25. The molecule has 9 heteroatoms. The van der Waals surface area contributed by atoms with E-state index in [9.17, 15) is 4.79 Å². The summed E-state index contributed by atoms with van der Waals surface area (Å²) in [5.74, 6) is 2.09. The van der Waals surface area contributed by atoms with Crippen LogP contribution in [0.4, 0.5) is 5.95 Å². The molecule has 0 aliphatic rings. The number of para-hydroxylation sites is 1. The van der Waals surface area contributed by atoms with Crippen LogP contribution < -0.4 is 19.5 Å². The van der Waals surface area contributed by atoms with Crippen molar-refractivity contribution in [2.75, 3.05) is 26.1 Å². The van der Waals surface area contributed by atoms with Crippen molar-refractivity contribution in [2.24, 2.45) is 0 Å². The predicted octanol–water partition coefficient (Wildman–Crippen LogP) is 2.56. The average molecular weight is 371 g/mol. The van der Waals surface area contributed by atoms with Gasteiger partial charge in [0.15, 0.2) is 5.82 Å². The molecule has 0 saturated carbocycles. The molecule has 142 valence electrons. The molecule has 0 aliphatic heterocycles. The zero-order valence-electron chi connectivity index (χ0n) is 15.2. The normalized spacial score (nSPS) is 10.3. The van der Waals surface area contributed by atoms with E-state index in [0.29, 0.717) is 47.6 Å². The van der Waals surface area contributed by atoms with Gasteiger partial charge in [0.25, 0.3) is 0 Å². The van der Waals surface area contributed by atoms with Gasteiger partial charge in [-0.25, -0.2) is 4.98 Å². The number of nitrogens with one attached hydrogen (secondary N) is 1. The van der Waals surface area contributed by atoms with Gasteiger partial charge < -0.3 is 14.2 Å². The summed E-state index contributed by atoms with van der Waals surface area (Å²) in [6.45, 7) is 2.37. The first-order valence-corrected chi connectivity index (χ1v) is 8.20. The first-order chi connectivity index (χ1) is 13.2. The van der Waals surface area contributed by atoms with Crippen LogP contribution in [0.15, 0.2) is 36.4 Å². The molecule has 2 aromatic heterocycles.